The van der Waals surface area contributed by atoms with Crippen molar-refractivity contribution < 1.29 is 4.74 Å². The monoisotopic (exact) mass is 199 g/mol. The lowest BCUT2D eigenvalue weighted by molar-refractivity contribution is 0.0283. The lowest BCUT2D eigenvalue weighted by atomic mass is 9.80. The summed E-state index contributed by atoms with van der Waals surface area (Å²) < 4.78 is 5.69. The molecule has 1 aliphatic rings. The summed E-state index contributed by atoms with van der Waals surface area (Å²) in [6, 6.07) is 0.264. The number of hydrogen-bond donors (Lipinski definition) is 1. The average molecular weight is 199 g/mol. The fraction of sp³-hybridized carbons (Fsp3) is 1.00. The first-order valence-electron chi connectivity index (χ1n) is 6.15. The Balaban J connectivity index is 2.24. The van der Waals surface area contributed by atoms with Gasteiger partial charge in [0.25, 0.3) is 0 Å². The van der Waals surface area contributed by atoms with Gasteiger partial charge in [0.2, 0.25) is 0 Å². The molecule has 2 nitrogen and oxygen atoms in total. The minimum absolute atomic E-state index is 0.264. The molecule has 0 bridgehead atoms. The Kier molecular flexibility index (Phi) is 5.49. The highest BCUT2D eigenvalue weighted by molar-refractivity contribution is 4.80. The van der Waals surface area contributed by atoms with E-state index in [0.717, 1.165) is 18.9 Å². The SMILES string of the molecule is CCCC(OCC)C(N)CC1CCC1. The molecule has 0 aliphatic heterocycles. The Labute approximate surface area is 88.2 Å². The second-order valence-corrected chi connectivity index (χ2v) is 4.48. The van der Waals surface area contributed by atoms with Crippen LogP contribution in [0.5, 0.6) is 0 Å². The van der Waals surface area contributed by atoms with Crippen LogP contribution in [0.1, 0.15) is 52.4 Å². The molecule has 0 spiro atoms. The third kappa shape index (κ3) is 3.58. The third-order valence-electron chi connectivity index (χ3n) is 3.26. The summed E-state index contributed by atoms with van der Waals surface area (Å²) in [4.78, 5) is 0. The molecule has 14 heavy (non-hydrogen) atoms. The van der Waals surface area contributed by atoms with Crippen molar-refractivity contribution in [2.75, 3.05) is 6.61 Å². The van der Waals surface area contributed by atoms with Crippen molar-refractivity contribution in [2.24, 2.45) is 11.7 Å². The van der Waals surface area contributed by atoms with E-state index < -0.39 is 0 Å². The van der Waals surface area contributed by atoms with Crippen LogP contribution in [0, 0.1) is 5.92 Å². The van der Waals surface area contributed by atoms with Crippen LogP contribution >= 0.6 is 0 Å². The van der Waals surface area contributed by atoms with Gasteiger partial charge in [0, 0.05) is 12.6 Å². The van der Waals surface area contributed by atoms with Crippen LogP contribution in [-0.4, -0.2) is 18.8 Å². The largest absolute Gasteiger partial charge is 0.377 e. The minimum Gasteiger partial charge on any atom is -0.377 e. The smallest absolute Gasteiger partial charge is 0.0725 e. The van der Waals surface area contributed by atoms with Gasteiger partial charge < -0.3 is 10.5 Å². The highest BCUT2D eigenvalue weighted by Gasteiger charge is 2.24. The van der Waals surface area contributed by atoms with Crippen LogP contribution < -0.4 is 5.73 Å². The van der Waals surface area contributed by atoms with Crippen molar-refractivity contribution in [2.45, 2.75) is 64.5 Å². The second-order valence-electron chi connectivity index (χ2n) is 4.48. The molecule has 1 rings (SSSR count). The molecule has 2 atom stereocenters. The maximum Gasteiger partial charge on any atom is 0.0725 e. The van der Waals surface area contributed by atoms with Crippen LogP contribution in [0.15, 0.2) is 0 Å². The van der Waals surface area contributed by atoms with E-state index in [9.17, 15) is 0 Å². The van der Waals surface area contributed by atoms with Crippen molar-refractivity contribution in [3.05, 3.63) is 0 Å². The summed E-state index contributed by atoms with van der Waals surface area (Å²) in [5, 5.41) is 0. The van der Waals surface area contributed by atoms with Crippen molar-refractivity contribution in [3.8, 4) is 0 Å². The van der Waals surface area contributed by atoms with Gasteiger partial charge in [-0.3, -0.25) is 0 Å². The summed E-state index contributed by atoms with van der Waals surface area (Å²) in [5.41, 5.74) is 6.18. The third-order valence-corrected chi connectivity index (χ3v) is 3.26. The summed E-state index contributed by atoms with van der Waals surface area (Å²) in [7, 11) is 0. The van der Waals surface area contributed by atoms with Crippen molar-refractivity contribution in [3.63, 3.8) is 0 Å². The standard InChI is InChI=1S/C12H25NO/c1-3-6-12(14-4-2)11(13)9-10-7-5-8-10/h10-12H,3-9,13H2,1-2H3. The van der Waals surface area contributed by atoms with E-state index >= 15 is 0 Å². The molecule has 0 heterocycles. The van der Waals surface area contributed by atoms with Gasteiger partial charge in [-0.25, -0.2) is 0 Å². The van der Waals surface area contributed by atoms with E-state index in [0.29, 0.717) is 6.10 Å². The number of hydrogen-bond acceptors (Lipinski definition) is 2. The van der Waals surface area contributed by atoms with Gasteiger partial charge in [-0.2, -0.15) is 0 Å². The van der Waals surface area contributed by atoms with E-state index in [4.69, 9.17) is 10.5 Å². The predicted octanol–water partition coefficient (Wildman–Crippen LogP) is 2.71. The first kappa shape index (κ1) is 12.0. The fourth-order valence-corrected chi connectivity index (χ4v) is 2.18. The zero-order chi connectivity index (χ0) is 10.4. The van der Waals surface area contributed by atoms with Crippen molar-refractivity contribution in [1.29, 1.82) is 0 Å². The van der Waals surface area contributed by atoms with Gasteiger partial charge in [0.1, 0.15) is 0 Å². The minimum atomic E-state index is 0.264. The van der Waals surface area contributed by atoms with Crippen molar-refractivity contribution in [1.82, 2.24) is 0 Å². The summed E-state index contributed by atoms with van der Waals surface area (Å²) in [6.45, 7) is 5.05. The first-order valence-corrected chi connectivity index (χ1v) is 6.15. The molecule has 0 aromatic rings. The maximum absolute atomic E-state index is 6.18. The Bertz CT molecular complexity index is 139. The molecular weight excluding hydrogens is 174 g/mol. The van der Waals surface area contributed by atoms with Crippen LogP contribution in [0.3, 0.4) is 0 Å². The molecule has 2 heteroatoms. The maximum atomic E-state index is 6.18. The van der Waals surface area contributed by atoms with Crippen LogP contribution in [0.25, 0.3) is 0 Å². The van der Waals surface area contributed by atoms with Crippen LogP contribution in [0.4, 0.5) is 0 Å². The van der Waals surface area contributed by atoms with E-state index in [1.807, 2.05) is 0 Å². The van der Waals surface area contributed by atoms with Gasteiger partial charge >= 0.3 is 0 Å². The lowest BCUT2D eigenvalue weighted by Crippen LogP contribution is -2.39. The molecule has 0 radical (unpaired) electrons. The van der Waals surface area contributed by atoms with E-state index in [1.165, 1.54) is 32.1 Å². The average Bonchev–Trinajstić information content (AvgIpc) is 2.11. The summed E-state index contributed by atoms with van der Waals surface area (Å²) >= 11 is 0. The van der Waals surface area contributed by atoms with Gasteiger partial charge in [-0.15, -0.1) is 0 Å². The Hall–Kier alpha value is -0.0800. The van der Waals surface area contributed by atoms with Crippen molar-refractivity contribution >= 4 is 0 Å². The van der Waals surface area contributed by atoms with E-state index in [-0.39, 0.29) is 6.04 Å². The topological polar surface area (TPSA) is 35.2 Å². The molecule has 0 saturated heterocycles. The molecule has 0 amide bonds. The quantitative estimate of drug-likeness (QED) is 0.684. The molecular formula is C12H25NO. The molecule has 1 fully saturated rings. The summed E-state index contributed by atoms with van der Waals surface area (Å²) in [5.74, 6) is 0.893. The molecule has 84 valence electrons. The van der Waals surface area contributed by atoms with Gasteiger partial charge in [-0.05, 0) is 25.7 Å². The normalized spacial score (nSPS) is 21.6. The molecule has 0 aromatic heterocycles. The Morgan fingerprint density at radius 1 is 1.36 bits per heavy atom. The fourth-order valence-electron chi connectivity index (χ4n) is 2.18. The number of nitrogens with two attached hydrogens (primary N) is 1. The van der Waals surface area contributed by atoms with Gasteiger partial charge in [-0.1, -0.05) is 32.6 Å². The lowest BCUT2D eigenvalue weighted by Gasteiger charge is -2.31. The zero-order valence-corrected chi connectivity index (χ0v) is 9.67. The molecule has 2 unspecified atom stereocenters. The molecule has 1 aliphatic carbocycles. The van der Waals surface area contributed by atoms with E-state index in [1.54, 1.807) is 0 Å². The highest BCUT2D eigenvalue weighted by Crippen LogP contribution is 2.31. The number of ether oxygens (including phenoxy) is 1. The summed E-state index contributed by atoms with van der Waals surface area (Å²) in [6.07, 6.45) is 7.93. The van der Waals surface area contributed by atoms with Gasteiger partial charge in [0.05, 0.1) is 6.10 Å². The first-order chi connectivity index (χ1) is 6.77. The molecule has 2 N–H and O–H groups in total. The zero-order valence-electron chi connectivity index (χ0n) is 9.67. The predicted molar refractivity (Wildman–Crippen MR) is 60.3 cm³/mol. The Morgan fingerprint density at radius 3 is 2.50 bits per heavy atom. The Morgan fingerprint density at radius 2 is 2.07 bits per heavy atom. The second kappa shape index (κ2) is 6.41. The van der Waals surface area contributed by atoms with Gasteiger partial charge in [0.15, 0.2) is 0 Å². The van der Waals surface area contributed by atoms with Crippen LogP contribution in [-0.2, 0) is 4.74 Å². The molecule has 1 saturated carbocycles. The highest BCUT2D eigenvalue weighted by atomic mass is 16.5. The van der Waals surface area contributed by atoms with E-state index in [2.05, 4.69) is 13.8 Å². The number of rotatable bonds is 7. The van der Waals surface area contributed by atoms with Crippen LogP contribution in [0.2, 0.25) is 0 Å². The molecule has 0 aromatic carbocycles.